The van der Waals surface area contributed by atoms with Gasteiger partial charge in [-0.2, -0.15) is 0 Å². The van der Waals surface area contributed by atoms with E-state index in [1.165, 1.54) is 0 Å². The fourth-order valence-electron chi connectivity index (χ4n) is 2.99. The van der Waals surface area contributed by atoms with E-state index in [0.29, 0.717) is 12.4 Å². The maximum absolute atomic E-state index is 5.93. The smallest absolute Gasteiger partial charge is 0.152 e. The Kier molecular flexibility index (Phi) is 3.83. The van der Waals surface area contributed by atoms with Crippen LogP contribution in [0.25, 0.3) is 10.2 Å². The summed E-state index contributed by atoms with van der Waals surface area (Å²) in [6, 6.07) is 1.99. The van der Waals surface area contributed by atoms with E-state index in [0.717, 1.165) is 29.1 Å². The summed E-state index contributed by atoms with van der Waals surface area (Å²) in [5, 5.41) is 2.98. The van der Waals surface area contributed by atoms with Crippen LogP contribution in [-0.4, -0.2) is 39.7 Å². The number of morpholine rings is 1. The third-order valence-corrected chi connectivity index (χ3v) is 4.32. The lowest BCUT2D eigenvalue weighted by molar-refractivity contribution is -0.131. The molecule has 7 heteroatoms. The van der Waals surface area contributed by atoms with Gasteiger partial charge < -0.3 is 10.2 Å². The van der Waals surface area contributed by atoms with Crippen molar-refractivity contribution in [2.75, 3.05) is 18.5 Å². The van der Waals surface area contributed by atoms with E-state index in [2.05, 4.69) is 41.1 Å². The molecular weight excluding hydrogens is 286 g/mol. The highest BCUT2D eigenvalue weighted by atomic mass is 32.1. The zero-order valence-corrected chi connectivity index (χ0v) is 13.4. The quantitative estimate of drug-likeness (QED) is 0.667. The van der Waals surface area contributed by atoms with Gasteiger partial charge in [0.05, 0.1) is 23.6 Å². The zero-order chi connectivity index (χ0) is 15.0. The Bertz CT molecular complexity index is 641. The van der Waals surface area contributed by atoms with Gasteiger partial charge in [-0.15, -0.1) is 11.3 Å². The molecule has 0 saturated carbocycles. The van der Waals surface area contributed by atoms with E-state index < -0.39 is 0 Å². The van der Waals surface area contributed by atoms with Crippen molar-refractivity contribution < 1.29 is 4.74 Å². The van der Waals surface area contributed by atoms with E-state index in [1.807, 2.05) is 11.4 Å². The highest BCUT2D eigenvalue weighted by Crippen LogP contribution is 2.26. The Hall–Kier alpha value is -1.28. The van der Waals surface area contributed by atoms with Crippen LogP contribution in [0.4, 0.5) is 5.82 Å². The highest BCUT2D eigenvalue weighted by molar-refractivity contribution is 7.16. The van der Waals surface area contributed by atoms with Crippen molar-refractivity contribution in [3.8, 4) is 0 Å². The number of nitrogen functional groups attached to an aromatic ring is 1. The number of nitrogens with zero attached hydrogens (tertiary/aromatic N) is 3. The predicted molar refractivity (Wildman–Crippen MR) is 85.1 cm³/mol. The lowest BCUT2D eigenvalue weighted by atomic mass is 10.1. The van der Waals surface area contributed by atoms with Gasteiger partial charge in [0.15, 0.2) is 5.82 Å². The van der Waals surface area contributed by atoms with Crippen LogP contribution in [0, 0.1) is 0 Å². The molecule has 1 aliphatic heterocycles. The summed E-state index contributed by atoms with van der Waals surface area (Å²) in [4.78, 5) is 12.5. The Morgan fingerprint density at radius 3 is 3.05 bits per heavy atom. The molecular formula is C14H21N5OS. The lowest BCUT2D eigenvalue weighted by Gasteiger charge is -2.41. The first-order chi connectivity index (χ1) is 9.97. The number of ether oxygens (including phenoxy) is 1. The zero-order valence-electron chi connectivity index (χ0n) is 12.6. The summed E-state index contributed by atoms with van der Waals surface area (Å²) in [6.45, 7) is 8.80. The fraction of sp³-hybridized carbons (Fsp3) is 0.571. The molecule has 0 aliphatic carbocycles. The standard InChI is InChI=1S/C14H21N5OS/c1-9-6-19(8-14(2,3)20-9)7-11-16-12(18-15)10-4-5-21-13(10)17-11/h4-5,9H,6-8,15H2,1-3H3,(H,16,17,18). The van der Waals surface area contributed by atoms with Gasteiger partial charge in [-0.3, -0.25) is 4.90 Å². The Balaban J connectivity index is 1.84. The molecule has 6 nitrogen and oxygen atoms in total. The molecule has 3 rings (SSSR count). The predicted octanol–water partition coefficient (Wildman–Crippen LogP) is 1.98. The number of fused-ring (bicyclic) bond motifs is 1. The second-order valence-electron chi connectivity index (χ2n) is 6.13. The van der Waals surface area contributed by atoms with Gasteiger partial charge in [-0.1, -0.05) is 0 Å². The van der Waals surface area contributed by atoms with Gasteiger partial charge in [0, 0.05) is 13.1 Å². The number of hydrogen-bond donors (Lipinski definition) is 2. The van der Waals surface area contributed by atoms with Gasteiger partial charge >= 0.3 is 0 Å². The second-order valence-corrected chi connectivity index (χ2v) is 7.02. The minimum absolute atomic E-state index is 0.139. The number of rotatable bonds is 3. The molecule has 1 aliphatic rings. The van der Waals surface area contributed by atoms with E-state index in [1.54, 1.807) is 11.3 Å². The maximum atomic E-state index is 5.93. The molecule has 1 fully saturated rings. The molecule has 3 heterocycles. The molecule has 2 aromatic rings. The second kappa shape index (κ2) is 5.49. The molecule has 1 saturated heterocycles. The molecule has 0 bridgehead atoms. The molecule has 2 aromatic heterocycles. The first-order valence-corrected chi connectivity index (χ1v) is 7.96. The lowest BCUT2D eigenvalue weighted by Crippen LogP contribution is -2.51. The Morgan fingerprint density at radius 1 is 1.52 bits per heavy atom. The molecule has 114 valence electrons. The topological polar surface area (TPSA) is 76.3 Å². The third kappa shape index (κ3) is 3.16. The molecule has 3 N–H and O–H groups in total. The van der Waals surface area contributed by atoms with E-state index in [9.17, 15) is 0 Å². The molecule has 0 radical (unpaired) electrons. The average molecular weight is 307 g/mol. The molecule has 1 atom stereocenters. The number of hydrogen-bond acceptors (Lipinski definition) is 7. The number of aromatic nitrogens is 2. The van der Waals surface area contributed by atoms with Crippen LogP contribution in [0.3, 0.4) is 0 Å². The Labute approximate surface area is 128 Å². The van der Waals surface area contributed by atoms with Gasteiger partial charge in [-0.05, 0) is 32.2 Å². The summed E-state index contributed by atoms with van der Waals surface area (Å²) in [7, 11) is 0. The number of hydrazine groups is 1. The largest absolute Gasteiger partial charge is 0.370 e. The van der Waals surface area contributed by atoms with Crippen LogP contribution in [0.15, 0.2) is 11.4 Å². The monoisotopic (exact) mass is 307 g/mol. The van der Waals surface area contributed by atoms with E-state index >= 15 is 0 Å². The van der Waals surface area contributed by atoms with Crippen LogP contribution in [-0.2, 0) is 11.3 Å². The minimum atomic E-state index is -0.139. The van der Waals surface area contributed by atoms with Gasteiger partial charge in [0.2, 0.25) is 0 Å². The van der Waals surface area contributed by atoms with E-state index in [4.69, 9.17) is 10.6 Å². The summed E-state index contributed by atoms with van der Waals surface area (Å²) in [5.74, 6) is 7.06. The van der Waals surface area contributed by atoms with Crippen LogP contribution in [0.1, 0.15) is 26.6 Å². The van der Waals surface area contributed by atoms with Crippen molar-refractivity contribution in [2.24, 2.45) is 5.84 Å². The molecule has 0 aromatic carbocycles. The summed E-state index contributed by atoms with van der Waals surface area (Å²) >= 11 is 1.60. The van der Waals surface area contributed by atoms with Gasteiger partial charge in [0.25, 0.3) is 0 Å². The summed E-state index contributed by atoms with van der Waals surface area (Å²) in [5.41, 5.74) is 2.53. The van der Waals surface area contributed by atoms with Crippen LogP contribution < -0.4 is 11.3 Å². The summed E-state index contributed by atoms with van der Waals surface area (Å²) < 4.78 is 5.93. The first-order valence-electron chi connectivity index (χ1n) is 7.08. The van der Waals surface area contributed by atoms with Crippen LogP contribution >= 0.6 is 11.3 Å². The number of thiophene rings is 1. The van der Waals surface area contributed by atoms with Crippen molar-refractivity contribution in [3.05, 3.63) is 17.3 Å². The third-order valence-electron chi connectivity index (χ3n) is 3.51. The average Bonchev–Trinajstić information content (AvgIpc) is 2.83. The fourth-order valence-corrected chi connectivity index (χ4v) is 3.77. The van der Waals surface area contributed by atoms with Gasteiger partial charge in [-0.25, -0.2) is 15.8 Å². The van der Waals surface area contributed by atoms with Crippen molar-refractivity contribution in [3.63, 3.8) is 0 Å². The number of nitrogens with one attached hydrogen (secondary N) is 1. The minimum Gasteiger partial charge on any atom is -0.370 e. The normalized spacial score (nSPS) is 22.6. The first kappa shape index (κ1) is 14.6. The maximum Gasteiger partial charge on any atom is 0.152 e. The Morgan fingerprint density at radius 2 is 2.33 bits per heavy atom. The highest BCUT2D eigenvalue weighted by Gasteiger charge is 2.31. The van der Waals surface area contributed by atoms with Crippen molar-refractivity contribution in [2.45, 2.75) is 39.0 Å². The van der Waals surface area contributed by atoms with Crippen LogP contribution in [0.2, 0.25) is 0 Å². The summed E-state index contributed by atoms with van der Waals surface area (Å²) in [6.07, 6.45) is 0.214. The molecule has 0 amide bonds. The molecule has 0 spiro atoms. The SMILES string of the molecule is CC1CN(Cc2nc(NN)c3ccsc3n2)CC(C)(C)O1. The van der Waals surface area contributed by atoms with E-state index in [-0.39, 0.29) is 11.7 Å². The van der Waals surface area contributed by atoms with Gasteiger partial charge in [0.1, 0.15) is 10.7 Å². The van der Waals surface area contributed by atoms with Crippen molar-refractivity contribution in [1.82, 2.24) is 14.9 Å². The van der Waals surface area contributed by atoms with Crippen LogP contribution in [0.5, 0.6) is 0 Å². The van der Waals surface area contributed by atoms with Crippen molar-refractivity contribution in [1.29, 1.82) is 0 Å². The number of nitrogens with two attached hydrogens (primary N) is 1. The molecule has 21 heavy (non-hydrogen) atoms. The number of anilines is 1. The molecule has 1 unspecified atom stereocenters. The van der Waals surface area contributed by atoms with Crippen molar-refractivity contribution >= 4 is 27.4 Å².